The minimum absolute atomic E-state index is 0.0704. The maximum Gasteiger partial charge on any atom is 0.307 e. The van der Waals surface area contributed by atoms with Crippen molar-refractivity contribution < 1.29 is 24.2 Å². The zero-order chi connectivity index (χ0) is 27.3. The molecule has 0 heterocycles. The van der Waals surface area contributed by atoms with Crippen LogP contribution in [0, 0.1) is 5.92 Å². The number of carboxylic acids is 1. The highest BCUT2D eigenvalue weighted by Gasteiger charge is 2.21. The van der Waals surface area contributed by atoms with E-state index in [1.165, 1.54) is 0 Å². The smallest absolute Gasteiger partial charge is 0.307 e. The van der Waals surface area contributed by atoms with Crippen LogP contribution in [0.3, 0.4) is 0 Å². The van der Waals surface area contributed by atoms with Gasteiger partial charge in [0.25, 0.3) is 0 Å². The van der Waals surface area contributed by atoms with Gasteiger partial charge in [-0.25, -0.2) is 0 Å². The van der Waals surface area contributed by atoms with Crippen LogP contribution in [0.5, 0.6) is 5.75 Å². The summed E-state index contributed by atoms with van der Waals surface area (Å²) in [5, 5.41) is 14.1. The van der Waals surface area contributed by atoms with Crippen LogP contribution in [0.1, 0.15) is 39.9 Å². The van der Waals surface area contributed by atoms with Crippen LogP contribution in [-0.4, -0.2) is 37.2 Å². The minimum atomic E-state index is -0.994. The molecule has 0 saturated carbocycles. The first-order valence-corrected chi connectivity index (χ1v) is 13.0. The van der Waals surface area contributed by atoms with Gasteiger partial charge in [-0.2, -0.15) is 0 Å². The number of carbonyl (C=O) groups excluding carboxylic acids is 1. The molecule has 0 spiro atoms. The summed E-state index contributed by atoms with van der Waals surface area (Å²) in [7, 11) is 1.62. The van der Waals surface area contributed by atoms with Gasteiger partial charge in [0, 0.05) is 42.2 Å². The molecule has 1 atom stereocenters. The number of Topliss-reactive ketones (excluding diaryl/α,β-unsaturated/α-hetero) is 1. The highest BCUT2D eigenvalue weighted by molar-refractivity contribution is 6.34. The Bertz CT molecular complexity index is 1210. The number of carboxylic acid groups (broad SMARTS) is 1. The second-order valence-corrected chi connectivity index (χ2v) is 9.66. The van der Waals surface area contributed by atoms with Crippen LogP contribution in [0.15, 0.2) is 72.8 Å². The molecular weight excluding hydrogens is 525 g/mol. The molecule has 3 aromatic carbocycles. The third kappa shape index (κ3) is 9.95. The van der Waals surface area contributed by atoms with Crippen LogP contribution >= 0.6 is 23.2 Å². The number of hydrogen-bond donors (Lipinski definition) is 2. The number of halogens is 2. The van der Waals surface area contributed by atoms with E-state index in [9.17, 15) is 14.7 Å². The number of rotatable bonds is 15. The number of benzene rings is 3. The van der Waals surface area contributed by atoms with Crippen molar-refractivity contribution in [1.82, 2.24) is 5.32 Å². The van der Waals surface area contributed by atoms with Gasteiger partial charge >= 0.3 is 5.97 Å². The summed E-state index contributed by atoms with van der Waals surface area (Å²) in [6.45, 7) is 2.18. The first kappa shape index (κ1) is 29.4. The third-order valence-electron chi connectivity index (χ3n) is 5.80. The molecule has 0 aliphatic heterocycles. The molecule has 3 rings (SSSR count). The van der Waals surface area contributed by atoms with Crippen molar-refractivity contribution in [2.24, 2.45) is 5.92 Å². The SMILES string of the molecule is COCCOc1ccc(/C=C/CC(CC(=O)c2ccc(CNCc3cc(Cl)cc(Cl)c3)cc2)C(=O)O)cc1. The van der Waals surface area contributed by atoms with Crippen LogP contribution in [0.4, 0.5) is 0 Å². The predicted molar refractivity (Wildman–Crippen MR) is 151 cm³/mol. The lowest BCUT2D eigenvalue weighted by molar-refractivity contribution is -0.141. The fourth-order valence-electron chi connectivity index (χ4n) is 3.77. The van der Waals surface area contributed by atoms with E-state index in [1.54, 1.807) is 31.4 Å². The number of hydrogen-bond acceptors (Lipinski definition) is 5. The lowest BCUT2D eigenvalue weighted by Crippen LogP contribution is -2.17. The van der Waals surface area contributed by atoms with Crippen molar-refractivity contribution in [3.8, 4) is 5.75 Å². The zero-order valence-corrected chi connectivity index (χ0v) is 22.7. The van der Waals surface area contributed by atoms with E-state index in [2.05, 4.69) is 5.32 Å². The number of allylic oxidation sites excluding steroid dienone is 1. The molecule has 38 heavy (non-hydrogen) atoms. The quantitative estimate of drug-likeness (QED) is 0.160. The summed E-state index contributed by atoms with van der Waals surface area (Å²) in [5.41, 5.74) is 3.39. The van der Waals surface area contributed by atoms with E-state index >= 15 is 0 Å². The number of aliphatic carboxylic acids is 1. The molecule has 1 unspecified atom stereocenters. The van der Waals surface area contributed by atoms with Crippen LogP contribution < -0.4 is 10.1 Å². The molecule has 0 aromatic heterocycles. The Morgan fingerprint density at radius 3 is 2.21 bits per heavy atom. The first-order valence-electron chi connectivity index (χ1n) is 12.2. The molecule has 3 aromatic rings. The molecule has 0 amide bonds. The number of nitrogens with one attached hydrogen (secondary N) is 1. The molecule has 2 N–H and O–H groups in total. The second kappa shape index (κ2) is 15.3. The van der Waals surface area contributed by atoms with Gasteiger partial charge in [0.05, 0.1) is 12.5 Å². The molecule has 0 radical (unpaired) electrons. The molecule has 0 bridgehead atoms. The average molecular weight is 556 g/mol. The Labute approximate surface area is 233 Å². The minimum Gasteiger partial charge on any atom is -0.491 e. The van der Waals surface area contributed by atoms with E-state index in [0.717, 1.165) is 22.4 Å². The molecular formula is C30H31Cl2NO5. The van der Waals surface area contributed by atoms with E-state index in [4.69, 9.17) is 32.7 Å². The van der Waals surface area contributed by atoms with Crippen molar-refractivity contribution in [1.29, 1.82) is 0 Å². The van der Waals surface area contributed by atoms with Crippen molar-refractivity contribution in [3.63, 3.8) is 0 Å². The Morgan fingerprint density at radius 2 is 1.58 bits per heavy atom. The highest BCUT2D eigenvalue weighted by Crippen LogP contribution is 2.20. The van der Waals surface area contributed by atoms with Crippen LogP contribution in [0.2, 0.25) is 10.0 Å². The lowest BCUT2D eigenvalue weighted by atomic mass is 9.94. The van der Waals surface area contributed by atoms with E-state index < -0.39 is 11.9 Å². The van der Waals surface area contributed by atoms with Gasteiger partial charge in [-0.1, -0.05) is 71.8 Å². The average Bonchev–Trinajstić information content (AvgIpc) is 2.89. The summed E-state index contributed by atoms with van der Waals surface area (Å²) in [4.78, 5) is 24.5. The number of methoxy groups -OCH3 is 1. The van der Waals surface area contributed by atoms with Crippen molar-refractivity contribution in [2.75, 3.05) is 20.3 Å². The van der Waals surface area contributed by atoms with E-state index in [0.29, 0.717) is 41.9 Å². The monoisotopic (exact) mass is 555 g/mol. The number of carbonyl (C=O) groups is 2. The fourth-order valence-corrected chi connectivity index (χ4v) is 4.34. The summed E-state index contributed by atoms with van der Waals surface area (Å²) in [6.07, 6.45) is 3.81. The second-order valence-electron chi connectivity index (χ2n) is 8.79. The number of ether oxygens (including phenoxy) is 2. The van der Waals surface area contributed by atoms with E-state index in [1.807, 2.05) is 54.6 Å². The molecule has 0 fully saturated rings. The van der Waals surface area contributed by atoms with Gasteiger partial charge in [-0.15, -0.1) is 0 Å². The fraction of sp³-hybridized carbons (Fsp3) is 0.267. The summed E-state index contributed by atoms with van der Waals surface area (Å²) in [5.74, 6) is -1.26. The first-order chi connectivity index (χ1) is 18.3. The summed E-state index contributed by atoms with van der Waals surface area (Å²) < 4.78 is 10.5. The van der Waals surface area contributed by atoms with Gasteiger partial charge in [-0.3, -0.25) is 9.59 Å². The van der Waals surface area contributed by atoms with Crippen molar-refractivity contribution in [2.45, 2.75) is 25.9 Å². The lowest BCUT2D eigenvalue weighted by Gasteiger charge is -2.10. The standard InChI is InChI=1S/C30H31Cl2NO5/c1-37-13-14-38-28-11-7-21(8-12-28)3-2-4-25(30(35)36)17-29(34)24-9-5-22(6-10-24)19-33-20-23-15-26(31)18-27(32)16-23/h2-3,5-12,15-16,18,25,33H,4,13-14,17,19-20H2,1H3,(H,35,36)/b3-2+. The van der Waals surface area contributed by atoms with Crippen LogP contribution in [-0.2, 0) is 22.6 Å². The molecule has 0 aliphatic rings. The Hall–Kier alpha value is -3.16. The molecule has 6 nitrogen and oxygen atoms in total. The van der Waals surface area contributed by atoms with Crippen LogP contribution in [0.25, 0.3) is 6.08 Å². The van der Waals surface area contributed by atoms with Crippen molar-refractivity contribution >= 4 is 41.0 Å². The predicted octanol–water partition coefficient (Wildman–Crippen LogP) is 6.69. The van der Waals surface area contributed by atoms with Gasteiger partial charge in [-0.05, 0) is 53.4 Å². The Morgan fingerprint density at radius 1 is 0.921 bits per heavy atom. The highest BCUT2D eigenvalue weighted by atomic mass is 35.5. The maximum absolute atomic E-state index is 12.8. The zero-order valence-electron chi connectivity index (χ0n) is 21.2. The topological polar surface area (TPSA) is 84.9 Å². The van der Waals surface area contributed by atoms with Crippen molar-refractivity contribution in [3.05, 3.63) is 105 Å². The van der Waals surface area contributed by atoms with Gasteiger partial charge in [0.15, 0.2) is 5.78 Å². The molecule has 0 aliphatic carbocycles. The molecule has 200 valence electrons. The summed E-state index contributed by atoms with van der Waals surface area (Å²) >= 11 is 12.1. The van der Waals surface area contributed by atoms with Gasteiger partial charge < -0.3 is 19.9 Å². The van der Waals surface area contributed by atoms with Gasteiger partial charge in [0.2, 0.25) is 0 Å². The summed E-state index contributed by atoms with van der Waals surface area (Å²) in [6, 6.07) is 20.1. The Balaban J connectivity index is 1.48. The van der Waals surface area contributed by atoms with Gasteiger partial charge in [0.1, 0.15) is 12.4 Å². The van der Waals surface area contributed by atoms with E-state index in [-0.39, 0.29) is 18.6 Å². The Kier molecular flexibility index (Phi) is 11.8. The normalized spacial score (nSPS) is 12.0. The largest absolute Gasteiger partial charge is 0.491 e. The third-order valence-corrected chi connectivity index (χ3v) is 6.24. The maximum atomic E-state index is 12.8. The molecule has 0 saturated heterocycles. The number of ketones is 1. The molecule has 8 heteroatoms.